The van der Waals surface area contributed by atoms with Crippen molar-refractivity contribution in [2.75, 3.05) is 0 Å². The summed E-state index contributed by atoms with van der Waals surface area (Å²) in [7, 11) is 0. The molecule has 0 aliphatic carbocycles. The molecule has 0 amide bonds. The molecule has 0 aliphatic rings. The number of aromatic nitrogens is 2. The van der Waals surface area contributed by atoms with Gasteiger partial charge in [0.05, 0.1) is 5.52 Å². The standard InChI is InChI=1S/C21H17N2.C15H28O2.Ir/c1-13-10-14(2)12-17(11-13)20-19-9-8-16-6-4-5-7-18(16)21(19)23-15(3)22-20;1-7-14(5,8-2)12(16)11-13(17)15(6,9-3)10-4;/h4-11H,1-3H3;11,16H,7-10H2,1-6H3;/q-1;;/b;12-11-;. The van der Waals surface area contributed by atoms with E-state index in [-0.39, 0.29) is 42.5 Å². The Morgan fingerprint density at radius 2 is 1.46 bits per heavy atom. The van der Waals surface area contributed by atoms with Gasteiger partial charge in [-0.15, -0.1) is 34.9 Å². The Bertz CT molecular complexity index is 1510. The average Bonchev–Trinajstić information content (AvgIpc) is 2.95. The molecule has 0 saturated carbocycles. The molecular formula is C36H45IrN2O2-. The quantitative estimate of drug-likeness (QED) is 0.0849. The molecule has 5 heteroatoms. The molecule has 0 aliphatic heterocycles. The van der Waals surface area contributed by atoms with Gasteiger partial charge in [0.25, 0.3) is 0 Å². The summed E-state index contributed by atoms with van der Waals surface area (Å²) >= 11 is 0. The molecule has 1 aromatic heterocycles. The number of benzene rings is 3. The Morgan fingerprint density at radius 3 is 2.05 bits per heavy atom. The van der Waals surface area contributed by atoms with E-state index in [1.54, 1.807) is 0 Å². The second-order valence-corrected chi connectivity index (χ2v) is 11.5. The van der Waals surface area contributed by atoms with Crippen molar-refractivity contribution in [3.63, 3.8) is 0 Å². The molecule has 4 nitrogen and oxygen atoms in total. The summed E-state index contributed by atoms with van der Waals surface area (Å²) in [5.41, 5.74) is 4.76. The summed E-state index contributed by atoms with van der Waals surface area (Å²) in [6.45, 7) is 18.2. The number of aryl methyl sites for hydroxylation is 3. The van der Waals surface area contributed by atoms with E-state index in [4.69, 9.17) is 9.97 Å². The van der Waals surface area contributed by atoms with E-state index in [2.05, 4.69) is 68.4 Å². The number of fused-ring (bicyclic) bond motifs is 3. The summed E-state index contributed by atoms with van der Waals surface area (Å²) in [5.74, 6) is 1.07. The largest absolute Gasteiger partial charge is 0.512 e. The van der Waals surface area contributed by atoms with Crippen LogP contribution in [0.2, 0.25) is 0 Å². The fourth-order valence-electron chi connectivity index (χ4n) is 4.89. The monoisotopic (exact) mass is 730 g/mol. The third kappa shape index (κ3) is 7.70. The number of rotatable bonds is 8. The molecule has 3 aromatic carbocycles. The summed E-state index contributed by atoms with van der Waals surface area (Å²) < 4.78 is 0. The first-order valence-corrected chi connectivity index (χ1v) is 14.5. The molecule has 0 bridgehead atoms. The molecule has 1 N–H and O–H groups in total. The molecule has 1 heterocycles. The van der Waals surface area contributed by atoms with Gasteiger partial charge in [0.15, 0.2) is 5.78 Å². The smallest absolute Gasteiger partial charge is 0.164 e. The Balaban J connectivity index is 0.000000296. The van der Waals surface area contributed by atoms with Gasteiger partial charge >= 0.3 is 0 Å². The zero-order chi connectivity index (χ0) is 29.7. The van der Waals surface area contributed by atoms with Gasteiger partial charge in [-0.3, -0.25) is 9.78 Å². The van der Waals surface area contributed by atoms with Crippen LogP contribution in [0, 0.1) is 37.7 Å². The molecule has 1 radical (unpaired) electrons. The summed E-state index contributed by atoms with van der Waals surface area (Å²) in [5, 5.41) is 13.6. The van der Waals surface area contributed by atoms with Gasteiger partial charge < -0.3 is 5.11 Å². The predicted octanol–water partition coefficient (Wildman–Crippen LogP) is 9.82. The number of carbonyl (C=O) groups excluding carboxylic acids is 1. The SMILES string of the molecule is CCC(C)(CC)C(=O)/C=C(\O)C(C)(CC)CC.Cc1[c-]c(-c2nc(C)nc3c2ccc2ccccc23)cc(C)c1.[Ir]. The average molecular weight is 730 g/mol. The van der Waals surface area contributed by atoms with Crippen LogP contribution in [0.5, 0.6) is 0 Å². The number of aliphatic hydroxyl groups is 1. The fourth-order valence-corrected chi connectivity index (χ4v) is 4.89. The van der Waals surface area contributed by atoms with Crippen molar-refractivity contribution in [3.05, 3.63) is 83.4 Å². The van der Waals surface area contributed by atoms with E-state index < -0.39 is 0 Å². The van der Waals surface area contributed by atoms with Crippen LogP contribution in [0.3, 0.4) is 0 Å². The summed E-state index contributed by atoms with van der Waals surface area (Å²) in [6.07, 6.45) is 4.75. The van der Waals surface area contributed by atoms with E-state index >= 15 is 0 Å². The Kier molecular flexibility index (Phi) is 12.0. The van der Waals surface area contributed by atoms with Gasteiger partial charge in [-0.05, 0) is 49.1 Å². The normalized spacial score (nSPS) is 12.1. The number of allylic oxidation sites excluding steroid dienone is 2. The number of aliphatic hydroxyl groups excluding tert-OH is 1. The molecule has 0 fully saturated rings. The summed E-state index contributed by atoms with van der Waals surface area (Å²) in [4.78, 5) is 21.6. The van der Waals surface area contributed by atoms with Crippen molar-refractivity contribution in [2.24, 2.45) is 10.8 Å². The van der Waals surface area contributed by atoms with Crippen molar-refractivity contribution in [2.45, 2.75) is 88.0 Å². The minimum atomic E-state index is -0.337. The third-order valence-electron chi connectivity index (χ3n) is 8.71. The van der Waals surface area contributed by atoms with Crippen LogP contribution in [0.15, 0.2) is 60.4 Å². The van der Waals surface area contributed by atoms with Crippen LogP contribution < -0.4 is 0 Å². The van der Waals surface area contributed by atoms with Crippen molar-refractivity contribution in [3.8, 4) is 11.3 Å². The molecule has 0 saturated heterocycles. The number of ketones is 1. The number of nitrogens with zero attached hydrogens (tertiary/aromatic N) is 2. The van der Waals surface area contributed by atoms with Gasteiger partial charge in [0, 0.05) is 42.4 Å². The molecule has 4 aromatic rings. The van der Waals surface area contributed by atoms with Crippen molar-refractivity contribution in [1.29, 1.82) is 0 Å². The summed E-state index contributed by atoms with van der Waals surface area (Å²) in [6, 6.07) is 20.3. The molecule has 4 rings (SSSR count). The van der Waals surface area contributed by atoms with Crippen LogP contribution in [-0.4, -0.2) is 20.9 Å². The van der Waals surface area contributed by atoms with Crippen molar-refractivity contribution < 1.29 is 30.0 Å². The molecule has 221 valence electrons. The fraction of sp³-hybridized carbons (Fsp3) is 0.417. The Labute approximate surface area is 260 Å². The van der Waals surface area contributed by atoms with Crippen LogP contribution >= 0.6 is 0 Å². The second kappa shape index (κ2) is 14.3. The maximum Gasteiger partial charge on any atom is 0.164 e. The first-order valence-electron chi connectivity index (χ1n) is 14.5. The number of carbonyl (C=O) groups is 1. The van der Waals surface area contributed by atoms with Crippen LogP contribution in [0.25, 0.3) is 32.9 Å². The topological polar surface area (TPSA) is 63.1 Å². The Morgan fingerprint density at radius 1 is 0.854 bits per heavy atom. The number of hydrogen-bond donors (Lipinski definition) is 1. The minimum absolute atomic E-state index is 0. The zero-order valence-electron chi connectivity index (χ0n) is 26.1. The Hall–Kier alpha value is -2.88. The van der Waals surface area contributed by atoms with E-state index in [0.717, 1.165) is 59.2 Å². The molecule has 0 unspecified atom stereocenters. The van der Waals surface area contributed by atoms with Crippen LogP contribution in [-0.2, 0) is 24.9 Å². The molecule has 0 atom stereocenters. The van der Waals surface area contributed by atoms with Crippen LogP contribution in [0.4, 0.5) is 0 Å². The molecular weight excluding hydrogens is 685 g/mol. The zero-order valence-corrected chi connectivity index (χ0v) is 28.5. The maximum absolute atomic E-state index is 12.2. The number of hydrogen-bond acceptors (Lipinski definition) is 4. The van der Waals surface area contributed by atoms with E-state index in [1.807, 2.05) is 48.5 Å². The van der Waals surface area contributed by atoms with E-state index in [0.29, 0.717) is 0 Å². The van der Waals surface area contributed by atoms with Gasteiger partial charge in [0.1, 0.15) is 11.6 Å². The molecule has 41 heavy (non-hydrogen) atoms. The maximum atomic E-state index is 12.2. The van der Waals surface area contributed by atoms with Gasteiger partial charge in [-0.25, -0.2) is 4.98 Å². The van der Waals surface area contributed by atoms with E-state index in [9.17, 15) is 9.90 Å². The van der Waals surface area contributed by atoms with Gasteiger partial charge in [-0.1, -0.05) is 91.8 Å². The molecule has 0 spiro atoms. The van der Waals surface area contributed by atoms with Crippen molar-refractivity contribution >= 4 is 27.5 Å². The minimum Gasteiger partial charge on any atom is -0.512 e. The van der Waals surface area contributed by atoms with Gasteiger partial charge in [0.2, 0.25) is 0 Å². The first kappa shape index (κ1) is 34.3. The second-order valence-electron chi connectivity index (χ2n) is 11.5. The first-order chi connectivity index (χ1) is 18.9. The predicted molar refractivity (Wildman–Crippen MR) is 169 cm³/mol. The third-order valence-corrected chi connectivity index (χ3v) is 8.71. The van der Waals surface area contributed by atoms with E-state index in [1.165, 1.54) is 22.4 Å². The van der Waals surface area contributed by atoms with Crippen molar-refractivity contribution in [1.82, 2.24) is 9.97 Å². The van der Waals surface area contributed by atoms with Crippen LogP contribution in [0.1, 0.15) is 84.2 Å². The van der Waals surface area contributed by atoms with Gasteiger partial charge in [-0.2, -0.15) is 0 Å².